The number of rotatable bonds is 4. The Balaban J connectivity index is 3.23. The van der Waals surface area contributed by atoms with Gasteiger partial charge < -0.3 is 5.11 Å². The molecule has 1 rings (SSSR count). The number of sulfonamides is 1. The number of hydrogen-bond acceptors (Lipinski definition) is 3. The van der Waals surface area contributed by atoms with Gasteiger partial charge in [-0.25, -0.2) is 17.9 Å². The van der Waals surface area contributed by atoms with Gasteiger partial charge in [-0.3, -0.25) is 0 Å². The van der Waals surface area contributed by atoms with E-state index < -0.39 is 16.0 Å². The summed E-state index contributed by atoms with van der Waals surface area (Å²) in [6.45, 7) is 3.54. The molecule has 16 heavy (non-hydrogen) atoms. The quantitative estimate of drug-likeness (QED) is 0.826. The van der Waals surface area contributed by atoms with Gasteiger partial charge in [-0.2, -0.15) is 0 Å². The number of carbonyl (C=O) groups is 1. The molecule has 0 aromatic heterocycles. The predicted molar refractivity (Wildman–Crippen MR) is 59.0 cm³/mol. The maximum atomic E-state index is 11.7. The monoisotopic (exact) mass is 243 g/mol. The molecule has 0 radical (unpaired) electrons. The molecule has 2 N–H and O–H groups in total. The van der Waals surface area contributed by atoms with Crippen LogP contribution in [0.2, 0.25) is 0 Å². The number of aryl methyl sites for hydroxylation is 1. The van der Waals surface area contributed by atoms with Crippen molar-refractivity contribution in [1.29, 1.82) is 0 Å². The fourth-order valence-corrected chi connectivity index (χ4v) is 2.62. The molecule has 88 valence electrons. The Morgan fingerprint density at radius 3 is 2.50 bits per heavy atom. The van der Waals surface area contributed by atoms with Crippen LogP contribution in [-0.2, 0) is 10.0 Å². The normalized spacial score (nSPS) is 11.4. The molecule has 0 aliphatic carbocycles. The molecule has 0 saturated carbocycles. The summed E-state index contributed by atoms with van der Waals surface area (Å²) in [5, 5.41) is 8.74. The Bertz CT molecular complexity index is 508. The van der Waals surface area contributed by atoms with Crippen molar-refractivity contribution in [3.05, 3.63) is 29.3 Å². The lowest BCUT2D eigenvalue weighted by atomic mass is 10.1. The summed E-state index contributed by atoms with van der Waals surface area (Å²) < 4.78 is 25.7. The van der Waals surface area contributed by atoms with E-state index in [4.69, 9.17) is 5.11 Å². The van der Waals surface area contributed by atoms with E-state index in [1.807, 2.05) is 0 Å². The fraction of sp³-hybridized carbons (Fsp3) is 0.300. The Morgan fingerprint density at radius 1 is 1.44 bits per heavy atom. The van der Waals surface area contributed by atoms with Crippen molar-refractivity contribution in [3.8, 4) is 0 Å². The minimum Gasteiger partial charge on any atom is -0.478 e. The average Bonchev–Trinajstić information content (AvgIpc) is 2.16. The summed E-state index contributed by atoms with van der Waals surface area (Å²) in [4.78, 5) is 10.8. The molecule has 0 fully saturated rings. The standard InChI is InChI=1S/C10H13NO4S/c1-3-11-16(14,15)9-5-4-8(10(12)13)6-7(9)2/h4-6,11H,3H2,1-2H3,(H,12,13). The third kappa shape index (κ3) is 2.59. The number of nitrogens with one attached hydrogen (secondary N) is 1. The zero-order valence-electron chi connectivity index (χ0n) is 9.02. The van der Waals surface area contributed by atoms with E-state index in [0.717, 1.165) is 0 Å². The first-order chi connectivity index (χ1) is 7.38. The lowest BCUT2D eigenvalue weighted by Gasteiger charge is -2.08. The first-order valence-electron chi connectivity index (χ1n) is 4.72. The van der Waals surface area contributed by atoms with Crippen LogP contribution in [0.25, 0.3) is 0 Å². The van der Waals surface area contributed by atoms with Gasteiger partial charge in [0.15, 0.2) is 0 Å². The van der Waals surface area contributed by atoms with Crippen LogP contribution in [0.4, 0.5) is 0 Å². The highest BCUT2D eigenvalue weighted by molar-refractivity contribution is 7.89. The molecule has 0 bridgehead atoms. The van der Waals surface area contributed by atoms with Gasteiger partial charge in [0, 0.05) is 6.54 Å². The third-order valence-corrected chi connectivity index (χ3v) is 3.75. The van der Waals surface area contributed by atoms with E-state index in [1.165, 1.54) is 18.2 Å². The van der Waals surface area contributed by atoms with Crippen molar-refractivity contribution in [3.63, 3.8) is 0 Å². The second-order valence-corrected chi connectivity index (χ2v) is 5.02. The molecule has 0 amide bonds. The van der Waals surface area contributed by atoms with E-state index >= 15 is 0 Å². The highest BCUT2D eigenvalue weighted by Gasteiger charge is 2.16. The van der Waals surface area contributed by atoms with Crippen molar-refractivity contribution in [2.45, 2.75) is 18.7 Å². The molecule has 0 atom stereocenters. The molecule has 6 heteroatoms. The first-order valence-corrected chi connectivity index (χ1v) is 6.20. The van der Waals surface area contributed by atoms with Gasteiger partial charge in [-0.05, 0) is 30.7 Å². The van der Waals surface area contributed by atoms with E-state index in [9.17, 15) is 13.2 Å². The van der Waals surface area contributed by atoms with Gasteiger partial charge >= 0.3 is 5.97 Å². The van der Waals surface area contributed by atoms with E-state index in [2.05, 4.69) is 4.72 Å². The Labute approximate surface area is 94.2 Å². The summed E-state index contributed by atoms with van der Waals surface area (Å²) in [6, 6.07) is 3.92. The summed E-state index contributed by atoms with van der Waals surface area (Å²) in [7, 11) is -3.53. The van der Waals surface area contributed by atoms with Gasteiger partial charge in [0.1, 0.15) is 0 Å². The highest BCUT2D eigenvalue weighted by Crippen LogP contribution is 2.16. The lowest BCUT2D eigenvalue weighted by Crippen LogP contribution is -2.24. The van der Waals surface area contributed by atoms with Crippen LogP contribution in [0.15, 0.2) is 23.1 Å². The highest BCUT2D eigenvalue weighted by atomic mass is 32.2. The molecule has 1 aromatic rings. The average molecular weight is 243 g/mol. The SMILES string of the molecule is CCNS(=O)(=O)c1ccc(C(=O)O)cc1C. The summed E-state index contributed by atoms with van der Waals surface area (Å²) in [6.07, 6.45) is 0. The van der Waals surface area contributed by atoms with Crippen LogP contribution in [0.5, 0.6) is 0 Å². The van der Waals surface area contributed by atoms with Gasteiger partial charge in [-0.1, -0.05) is 6.92 Å². The molecular formula is C10H13NO4S. The molecular weight excluding hydrogens is 230 g/mol. The molecule has 0 saturated heterocycles. The summed E-state index contributed by atoms with van der Waals surface area (Å²) >= 11 is 0. The minimum absolute atomic E-state index is 0.0768. The van der Waals surface area contributed by atoms with Crippen molar-refractivity contribution >= 4 is 16.0 Å². The molecule has 1 aromatic carbocycles. The van der Waals surface area contributed by atoms with Crippen LogP contribution in [0.3, 0.4) is 0 Å². The molecule has 0 spiro atoms. The molecule has 0 aliphatic rings. The largest absolute Gasteiger partial charge is 0.478 e. The van der Waals surface area contributed by atoms with E-state index in [-0.39, 0.29) is 10.5 Å². The predicted octanol–water partition coefficient (Wildman–Crippen LogP) is 0.991. The van der Waals surface area contributed by atoms with Crippen molar-refractivity contribution in [2.24, 2.45) is 0 Å². The number of carboxylic acid groups (broad SMARTS) is 1. The first kappa shape index (κ1) is 12.7. The van der Waals surface area contributed by atoms with Gasteiger partial charge in [0.05, 0.1) is 10.5 Å². The minimum atomic E-state index is -3.53. The smallest absolute Gasteiger partial charge is 0.335 e. The zero-order valence-corrected chi connectivity index (χ0v) is 9.84. The summed E-state index contributed by atoms with van der Waals surface area (Å²) in [5.74, 6) is -1.07. The molecule has 0 unspecified atom stereocenters. The number of carboxylic acids is 1. The molecule has 0 heterocycles. The van der Waals surface area contributed by atoms with Crippen LogP contribution in [-0.4, -0.2) is 26.0 Å². The number of aromatic carboxylic acids is 1. The van der Waals surface area contributed by atoms with Gasteiger partial charge in [-0.15, -0.1) is 0 Å². The fourth-order valence-electron chi connectivity index (χ4n) is 1.35. The number of benzene rings is 1. The van der Waals surface area contributed by atoms with Crippen molar-refractivity contribution < 1.29 is 18.3 Å². The van der Waals surface area contributed by atoms with E-state index in [1.54, 1.807) is 13.8 Å². The Morgan fingerprint density at radius 2 is 2.06 bits per heavy atom. The Kier molecular flexibility index (Phi) is 3.66. The maximum Gasteiger partial charge on any atom is 0.335 e. The van der Waals surface area contributed by atoms with Gasteiger partial charge in [0.25, 0.3) is 0 Å². The Hall–Kier alpha value is -1.40. The molecule has 0 aliphatic heterocycles. The van der Waals surface area contributed by atoms with E-state index in [0.29, 0.717) is 12.1 Å². The summed E-state index contributed by atoms with van der Waals surface area (Å²) in [5.41, 5.74) is 0.494. The van der Waals surface area contributed by atoms with Crippen LogP contribution >= 0.6 is 0 Å². The van der Waals surface area contributed by atoms with Gasteiger partial charge in [0.2, 0.25) is 10.0 Å². The molecule has 5 nitrogen and oxygen atoms in total. The number of hydrogen-bond donors (Lipinski definition) is 2. The van der Waals surface area contributed by atoms with Crippen LogP contribution < -0.4 is 4.72 Å². The van der Waals surface area contributed by atoms with Crippen molar-refractivity contribution in [1.82, 2.24) is 4.72 Å². The third-order valence-electron chi connectivity index (χ3n) is 2.05. The second-order valence-electron chi connectivity index (χ2n) is 3.29. The zero-order chi connectivity index (χ0) is 12.3. The topological polar surface area (TPSA) is 83.5 Å². The second kappa shape index (κ2) is 4.63. The van der Waals surface area contributed by atoms with Crippen LogP contribution in [0.1, 0.15) is 22.8 Å². The van der Waals surface area contributed by atoms with Crippen LogP contribution in [0, 0.1) is 6.92 Å². The maximum absolute atomic E-state index is 11.7. The van der Waals surface area contributed by atoms with Crippen molar-refractivity contribution in [2.75, 3.05) is 6.54 Å². The lowest BCUT2D eigenvalue weighted by molar-refractivity contribution is 0.0696.